The van der Waals surface area contributed by atoms with E-state index < -0.39 is 0 Å². The molecule has 1 aromatic carbocycles. The standard InChI is InChI=1S/C25H30N4O2/c1-16-26-13-12-19(27-16)24(31)29-21-15-25(3)22(10-7-11-23(25)29)28(17(2)30)20(21)14-18-8-5-4-6-9-18/h4-6,8-9,12-13,20-23H,7,10-11,14-15H2,1-3H3/t20-,21-,22+,23-,25+/m0/s1. The molecule has 5 atom stereocenters. The van der Waals surface area contributed by atoms with Crippen LogP contribution in [0.3, 0.4) is 0 Å². The van der Waals surface area contributed by atoms with Crippen molar-refractivity contribution in [2.24, 2.45) is 5.41 Å². The summed E-state index contributed by atoms with van der Waals surface area (Å²) in [5, 5.41) is 0. The van der Waals surface area contributed by atoms with Gasteiger partial charge in [-0.05, 0) is 50.7 Å². The Morgan fingerprint density at radius 3 is 2.48 bits per heavy atom. The van der Waals surface area contributed by atoms with Crippen LogP contribution >= 0.6 is 0 Å². The second kappa shape index (κ2) is 7.43. The summed E-state index contributed by atoms with van der Waals surface area (Å²) in [5.74, 6) is 0.704. The molecule has 1 aromatic heterocycles. The third kappa shape index (κ3) is 3.15. The number of likely N-dealkylation sites (tertiary alicyclic amines) is 2. The van der Waals surface area contributed by atoms with E-state index in [1.54, 1.807) is 19.2 Å². The number of rotatable bonds is 3. The van der Waals surface area contributed by atoms with Crippen molar-refractivity contribution in [2.45, 2.75) is 77.0 Å². The van der Waals surface area contributed by atoms with Gasteiger partial charge in [-0.25, -0.2) is 9.97 Å². The molecule has 1 saturated carbocycles. The Morgan fingerprint density at radius 1 is 1.10 bits per heavy atom. The molecule has 0 N–H and O–H groups in total. The maximum Gasteiger partial charge on any atom is 0.273 e. The number of hydrogen-bond acceptors (Lipinski definition) is 4. The van der Waals surface area contributed by atoms with Crippen molar-refractivity contribution in [3.63, 3.8) is 0 Å². The van der Waals surface area contributed by atoms with Crippen LogP contribution in [-0.2, 0) is 11.2 Å². The van der Waals surface area contributed by atoms with E-state index in [0.717, 1.165) is 32.1 Å². The van der Waals surface area contributed by atoms with E-state index in [4.69, 9.17) is 0 Å². The fourth-order valence-electron chi connectivity index (χ4n) is 6.63. The van der Waals surface area contributed by atoms with Crippen molar-refractivity contribution >= 4 is 11.8 Å². The van der Waals surface area contributed by atoms with Crippen LogP contribution in [-0.4, -0.2) is 55.7 Å². The number of fused-ring (bicyclic) bond motifs is 1. The molecule has 31 heavy (non-hydrogen) atoms. The van der Waals surface area contributed by atoms with Crippen LogP contribution in [0.2, 0.25) is 0 Å². The van der Waals surface area contributed by atoms with E-state index >= 15 is 0 Å². The van der Waals surface area contributed by atoms with Gasteiger partial charge in [0.25, 0.3) is 5.91 Å². The number of carbonyl (C=O) groups is 2. The lowest BCUT2D eigenvalue weighted by Gasteiger charge is -2.52. The first-order valence-electron chi connectivity index (χ1n) is 11.4. The van der Waals surface area contributed by atoms with Crippen LogP contribution in [0, 0.1) is 12.3 Å². The number of aromatic nitrogens is 2. The minimum atomic E-state index is -0.0699. The molecule has 2 bridgehead atoms. The van der Waals surface area contributed by atoms with Crippen LogP contribution in [0.1, 0.15) is 61.4 Å². The molecule has 6 nitrogen and oxygen atoms in total. The molecule has 3 heterocycles. The second-order valence-electron chi connectivity index (χ2n) is 9.62. The van der Waals surface area contributed by atoms with E-state index in [1.165, 1.54) is 5.56 Å². The van der Waals surface area contributed by atoms with E-state index in [2.05, 4.69) is 38.8 Å². The highest BCUT2D eigenvalue weighted by Gasteiger charge is 2.64. The fourth-order valence-corrected chi connectivity index (χ4v) is 6.63. The van der Waals surface area contributed by atoms with Gasteiger partial charge in [-0.2, -0.15) is 0 Å². The molecule has 2 aliphatic heterocycles. The average Bonchev–Trinajstić information content (AvgIpc) is 3.06. The zero-order chi connectivity index (χ0) is 21.8. The highest BCUT2D eigenvalue weighted by molar-refractivity contribution is 5.93. The monoisotopic (exact) mass is 418 g/mol. The summed E-state index contributed by atoms with van der Waals surface area (Å²) in [4.78, 5) is 39.6. The summed E-state index contributed by atoms with van der Waals surface area (Å²) in [5.41, 5.74) is 1.59. The summed E-state index contributed by atoms with van der Waals surface area (Å²) >= 11 is 0. The number of benzene rings is 1. The van der Waals surface area contributed by atoms with Crippen molar-refractivity contribution in [1.82, 2.24) is 19.8 Å². The molecule has 0 radical (unpaired) electrons. The van der Waals surface area contributed by atoms with Crippen LogP contribution in [0.25, 0.3) is 0 Å². The highest BCUT2D eigenvalue weighted by Crippen LogP contribution is 2.56. The maximum absolute atomic E-state index is 13.8. The maximum atomic E-state index is 13.8. The Hall–Kier alpha value is -2.76. The Balaban J connectivity index is 1.59. The number of aryl methyl sites for hydroxylation is 1. The van der Waals surface area contributed by atoms with Gasteiger partial charge in [0.15, 0.2) is 0 Å². The molecule has 3 fully saturated rings. The Bertz CT molecular complexity index is 1010. The van der Waals surface area contributed by atoms with Gasteiger partial charge in [0.1, 0.15) is 11.5 Å². The summed E-state index contributed by atoms with van der Waals surface area (Å²) in [6.07, 6.45) is 6.40. The van der Waals surface area contributed by atoms with Gasteiger partial charge in [0.05, 0.1) is 12.1 Å². The van der Waals surface area contributed by atoms with Crippen LogP contribution in [0.4, 0.5) is 0 Å². The zero-order valence-corrected chi connectivity index (χ0v) is 18.5. The van der Waals surface area contributed by atoms with Crippen LogP contribution in [0.5, 0.6) is 0 Å². The smallest absolute Gasteiger partial charge is 0.273 e. The molecule has 162 valence electrons. The Morgan fingerprint density at radius 2 is 1.81 bits per heavy atom. The minimum absolute atomic E-state index is 0.00349. The molecule has 5 rings (SSSR count). The van der Waals surface area contributed by atoms with E-state index in [1.807, 2.05) is 25.1 Å². The minimum Gasteiger partial charge on any atom is -0.334 e. The quantitative estimate of drug-likeness (QED) is 0.766. The molecular weight excluding hydrogens is 388 g/mol. The Kier molecular flexibility index (Phi) is 4.83. The molecule has 1 aliphatic carbocycles. The largest absolute Gasteiger partial charge is 0.334 e. The highest BCUT2D eigenvalue weighted by atomic mass is 16.2. The predicted molar refractivity (Wildman–Crippen MR) is 117 cm³/mol. The average molecular weight is 419 g/mol. The van der Waals surface area contributed by atoms with Crippen LogP contribution < -0.4 is 0 Å². The van der Waals surface area contributed by atoms with Crippen molar-refractivity contribution in [1.29, 1.82) is 0 Å². The van der Waals surface area contributed by atoms with Crippen molar-refractivity contribution in [3.8, 4) is 0 Å². The number of amides is 2. The molecule has 2 aromatic rings. The lowest BCUT2D eigenvalue weighted by Crippen LogP contribution is -2.62. The molecule has 6 heteroatoms. The van der Waals surface area contributed by atoms with Crippen molar-refractivity contribution in [2.75, 3.05) is 0 Å². The first-order valence-corrected chi connectivity index (χ1v) is 11.4. The van der Waals surface area contributed by atoms with E-state index in [-0.39, 0.29) is 41.4 Å². The topological polar surface area (TPSA) is 66.4 Å². The number of nitrogens with zero attached hydrogens (tertiary/aromatic N) is 4. The Labute approximate surface area is 183 Å². The summed E-state index contributed by atoms with van der Waals surface area (Å²) in [6.45, 7) is 5.80. The lowest BCUT2D eigenvalue weighted by molar-refractivity contribution is -0.142. The molecule has 0 unspecified atom stereocenters. The fraction of sp³-hybridized carbons (Fsp3) is 0.520. The van der Waals surface area contributed by atoms with Crippen molar-refractivity contribution < 1.29 is 9.59 Å². The molecule has 2 saturated heterocycles. The summed E-state index contributed by atoms with van der Waals surface area (Å²) < 4.78 is 0. The number of hydrogen-bond donors (Lipinski definition) is 0. The second-order valence-corrected chi connectivity index (χ2v) is 9.62. The SMILES string of the molecule is CC(=O)N1[C@@H](Cc2ccccc2)[C@@H]2C[C@@]3(C)[C@H](CCC[C@@H]13)N2C(=O)c1ccnc(C)n1. The van der Waals surface area contributed by atoms with Gasteiger partial charge in [-0.1, -0.05) is 37.3 Å². The first-order chi connectivity index (χ1) is 14.9. The van der Waals surface area contributed by atoms with Gasteiger partial charge in [-0.15, -0.1) is 0 Å². The third-order valence-electron chi connectivity index (χ3n) is 7.84. The predicted octanol–water partition coefficient (Wildman–Crippen LogP) is 3.40. The van der Waals surface area contributed by atoms with E-state index in [0.29, 0.717) is 11.5 Å². The van der Waals surface area contributed by atoms with Crippen molar-refractivity contribution in [3.05, 3.63) is 59.7 Å². The van der Waals surface area contributed by atoms with Gasteiger partial charge >= 0.3 is 0 Å². The lowest BCUT2D eigenvalue weighted by atomic mass is 9.64. The zero-order valence-electron chi connectivity index (χ0n) is 18.5. The molecule has 0 spiro atoms. The first kappa shape index (κ1) is 20.2. The number of carbonyl (C=O) groups excluding carboxylic acids is 2. The van der Waals surface area contributed by atoms with Gasteiger partial charge in [0.2, 0.25) is 5.91 Å². The number of piperidine rings is 1. The van der Waals surface area contributed by atoms with E-state index in [9.17, 15) is 9.59 Å². The summed E-state index contributed by atoms with van der Waals surface area (Å²) in [7, 11) is 0. The third-order valence-corrected chi connectivity index (χ3v) is 7.84. The molecular formula is C25H30N4O2. The normalized spacial score (nSPS) is 31.6. The molecule has 3 aliphatic rings. The summed E-state index contributed by atoms with van der Waals surface area (Å²) in [6, 6.07) is 12.3. The van der Waals surface area contributed by atoms with Gasteiger partial charge in [0, 0.05) is 30.6 Å². The van der Waals surface area contributed by atoms with Gasteiger partial charge in [-0.3, -0.25) is 9.59 Å². The molecule has 2 amide bonds. The van der Waals surface area contributed by atoms with Gasteiger partial charge < -0.3 is 9.80 Å². The van der Waals surface area contributed by atoms with Crippen LogP contribution in [0.15, 0.2) is 42.6 Å².